The molecule has 20 heavy (non-hydrogen) atoms. The Morgan fingerprint density at radius 1 is 1.10 bits per heavy atom. The maximum absolute atomic E-state index is 10.4. The lowest BCUT2D eigenvalue weighted by atomic mass is 10.1. The Morgan fingerprint density at radius 2 is 1.90 bits per heavy atom. The third-order valence-corrected chi connectivity index (χ3v) is 3.28. The van der Waals surface area contributed by atoms with Crippen molar-refractivity contribution in [1.29, 1.82) is 0 Å². The predicted octanol–water partition coefficient (Wildman–Crippen LogP) is 3.68. The van der Waals surface area contributed by atoms with Gasteiger partial charge in [0.05, 0.1) is 0 Å². The fourth-order valence-corrected chi connectivity index (χ4v) is 2.22. The molecule has 4 heteroatoms. The van der Waals surface area contributed by atoms with Crippen molar-refractivity contribution in [3.8, 4) is 0 Å². The Balaban J connectivity index is 1.75. The van der Waals surface area contributed by atoms with Gasteiger partial charge >= 0.3 is 5.97 Å². The first-order chi connectivity index (χ1) is 9.77. The van der Waals surface area contributed by atoms with Crippen molar-refractivity contribution in [3.63, 3.8) is 0 Å². The van der Waals surface area contributed by atoms with Gasteiger partial charge in [-0.15, -0.1) is 0 Å². The molecule has 0 aliphatic rings. The largest absolute Gasteiger partial charge is 0.481 e. The highest BCUT2D eigenvalue weighted by Gasteiger charge is 2.01. The van der Waals surface area contributed by atoms with Crippen LogP contribution in [0.1, 0.15) is 32.1 Å². The summed E-state index contributed by atoms with van der Waals surface area (Å²) in [6.07, 6.45) is 5.91. The lowest BCUT2D eigenvalue weighted by Crippen LogP contribution is -2.03. The van der Waals surface area contributed by atoms with Gasteiger partial charge in [-0.05, 0) is 24.3 Å². The monoisotopic (exact) mass is 272 g/mol. The lowest BCUT2D eigenvalue weighted by molar-refractivity contribution is -0.137. The predicted molar refractivity (Wildman–Crippen MR) is 81.0 cm³/mol. The molecule has 4 nitrogen and oxygen atoms in total. The van der Waals surface area contributed by atoms with E-state index in [-0.39, 0.29) is 6.42 Å². The molecule has 0 radical (unpaired) electrons. The van der Waals surface area contributed by atoms with Crippen LogP contribution >= 0.6 is 0 Å². The van der Waals surface area contributed by atoms with Crippen LogP contribution < -0.4 is 5.32 Å². The van der Waals surface area contributed by atoms with Gasteiger partial charge in [0.1, 0.15) is 5.82 Å². The number of nitrogens with one attached hydrogen (secondary N) is 1. The van der Waals surface area contributed by atoms with Gasteiger partial charge in [-0.25, -0.2) is 4.98 Å². The number of carboxylic acid groups (broad SMARTS) is 1. The second kappa shape index (κ2) is 7.48. The molecule has 2 N–H and O–H groups in total. The summed E-state index contributed by atoms with van der Waals surface area (Å²) in [5.74, 6) is 0.219. The van der Waals surface area contributed by atoms with Crippen LogP contribution in [0.15, 0.2) is 36.5 Å². The Hall–Kier alpha value is -2.10. The second-order valence-corrected chi connectivity index (χ2v) is 4.87. The van der Waals surface area contributed by atoms with E-state index in [2.05, 4.69) is 22.4 Å². The Morgan fingerprint density at radius 3 is 2.75 bits per heavy atom. The van der Waals surface area contributed by atoms with Gasteiger partial charge in [0.2, 0.25) is 0 Å². The number of hydrogen-bond donors (Lipinski definition) is 2. The Bertz CT molecular complexity index is 564. The number of hydrogen-bond acceptors (Lipinski definition) is 3. The standard InChI is InChI=1S/C16H20N2O2/c19-15(20)9-3-1-2-6-11-17-16-14-8-5-4-7-13(14)10-12-18-16/h4-5,7-8,10,12H,1-3,6,9,11H2,(H,17,18)(H,19,20). The van der Waals surface area contributed by atoms with Gasteiger partial charge in [0.25, 0.3) is 0 Å². The molecular weight excluding hydrogens is 252 g/mol. The average Bonchev–Trinajstić information content (AvgIpc) is 2.46. The van der Waals surface area contributed by atoms with Gasteiger partial charge in [-0.3, -0.25) is 4.79 Å². The third-order valence-electron chi connectivity index (χ3n) is 3.28. The highest BCUT2D eigenvalue weighted by Crippen LogP contribution is 2.20. The van der Waals surface area contributed by atoms with E-state index >= 15 is 0 Å². The van der Waals surface area contributed by atoms with Crippen molar-refractivity contribution in [2.75, 3.05) is 11.9 Å². The van der Waals surface area contributed by atoms with Crippen LogP contribution in [-0.2, 0) is 4.79 Å². The molecule has 1 aromatic heterocycles. The lowest BCUT2D eigenvalue weighted by Gasteiger charge is -2.08. The maximum atomic E-state index is 10.4. The SMILES string of the molecule is O=C(O)CCCCCCNc1nccc2ccccc12. The van der Waals surface area contributed by atoms with Crippen LogP contribution in [0.5, 0.6) is 0 Å². The van der Waals surface area contributed by atoms with Crippen molar-refractivity contribution in [3.05, 3.63) is 36.5 Å². The fourth-order valence-electron chi connectivity index (χ4n) is 2.22. The van der Waals surface area contributed by atoms with Gasteiger partial charge in [-0.1, -0.05) is 37.1 Å². The van der Waals surface area contributed by atoms with Crippen molar-refractivity contribution in [2.24, 2.45) is 0 Å². The first-order valence-electron chi connectivity index (χ1n) is 7.07. The number of nitrogens with zero attached hydrogens (tertiary/aromatic N) is 1. The second-order valence-electron chi connectivity index (χ2n) is 4.87. The number of anilines is 1. The average molecular weight is 272 g/mol. The van der Waals surface area contributed by atoms with Crippen LogP contribution in [0.2, 0.25) is 0 Å². The van der Waals surface area contributed by atoms with Crippen LogP contribution in [0.4, 0.5) is 5.82 Å². The van der Waals surface area contributed by atoms with E-state index < -0.39 is 5.97 Å². The van der Waals surface area contributed by atoms with E-state index in [1.165, 1.54) is 5.39 Å². The van der Waals surface area contributed by atoms with Crippen LogP contribution in [0.25, 0.3) is 10.8 Å². The highest BCUT2D eigenvalue weighted by atomic mass is 16.4. The number of pyridine rings is 1. The molecule has 0 aliphatic heterocycles. The zero-order chi connectivity index (χ0) is 14.2. The number of rotatable bonds is 8. The first kappa shape index (κ1) is 14.3. The molecule has 1 aromatic carbocycles. The minimum absolute atomic E-state index is 0.276. The number of aliphatic carboxylic acids is 1. The van der Waals surface area contributed by atoms with Gasteiger partial charge in [0.15, 0.2) is 0 Å². The number of benzene rings is 1. The molecule has 0 amide bonds. The summed E-state index contributed by atoms with van der Waals surface area (Å²) in [5, 5.41) is 14.2. The quantitative estimate of drug-likeness (QED) is 0.719. The van der Waals surface area contributed by atoms with Crippen LogP contribution in [0, 0.1) is 0 Å². The molecule has 2 rings (SSSR count). The molecular formula is C16H20N2O2. The summed E-state index contributed by atoms with van der Waals surface area (Å²) >= 11 is 0. The molecule has 0 aliphatic carbocycles. The zero-order valence-electron chi connectivity index (χ0n) is 11.5. The molecule has 0 bridgehead atoms. The Kier molecular flexibility index (Phi) is 5.35. The maximum Gasteiger partial charge on any atom is 0.303 e. The van der Waals surface area contributed by atoms with Crippen LogP contribution in [-0.4, -0.2) is 22.6 Å². The van der Waals surface area contributed by atoms with Crippen molar-refractivity contribution in [1.82, 2.24) is 4.98 Å². The molecule has 0 spiro atoms. The van der Waals surface area contributed by atoms with Crippen molar-refractivity contribution < 1.29 is 9.90 Å². The third kappa shape index (κ3) is 4.23. The first-order valence-corrected chi connectivity index (χ1v) is 7.07. The normalized spacial score (nSPS) is 10.6. The number of aromatic nitrogens is 1. The van der Waals surface area contributed by atoms with Crippen molar-refractivity contribution >= 4 is 22.6 Å². The highest BCUT2D eigenvalue weighted by molar-refractivity contribution is 5.91. The molecule has 0 saturated heterocycles. The van der Waals surface area contributed by atoms with E-state index in [0.717, 1.165) is 43.4 Å². The number of fused-ring (bicyclic) bond motifs is 1. The number of unbranched alkanes of at least 4 members (excludes halogenated alkanes) is 3. The molecule has 1 heterocycles. The number of carboxylic acids is 1. The van der Waals surface area contributed by atoms with Crippen LogP contribution in [0.3, 0.4) is 0 Å². The van der Waals surface area contributed by atoms with Gasteiger partial charge < -0.3 is 10.4 Å². The van der Waals surface area contributed by atoms with E-state index in [1.807, 2.05) is 24.4 Å². The molecule has 0 atom stereocenters. The van der Waals surface area contributed by atoms with Gasteiger partial charge in [0, 0.05) is 24.5 Å². The number of carbonyl (C=O) groups is 1. The molecule has 2 aromatic rings. The van der Waals surface area contributed by atoms with E-state index in [0.29, 0.717) is 0 Å². The molecule has 0 fully saturated rings. The van der Waals surface area contributed by atoms with Crippen molar-refractivity contribution in [2.45, 2.75) is 32.1 Å². The smallest absolute Gasteiger partial charge is 0.303 e. The topological polar surface area (TPSA) is 62.2 Å². The zero-order valence-corrected chi connectivity index (χ0v) is 11.5. The minimum Gasteiger partial charge on any atom is -0.481 e. The minimum atomic E-state index is -0.705. The summed E-state index contributed by atoms with van der Waals surface area (Å²) in [7, 11) is 0. The summed E-state index contributed by atoms with van der Waals surface area (Å²) in [6, 6.07) is 10.2. The molecule has 0 saturated carbocycles. The van der Waals surface area contributed by atoms with E-state index in [1.54, 1.807) is 0 Å². The summed E-state index contributed by atoms with van der Waals surface area (Å²) in [5.41, 5.74) is 0. The Labute approximate surface area is 118 Å². The van der Waals surface area contributed by atoms with Gasteiger partial charge in [-0.2, -0.15) is 0 Å². The fraction of sp³-hybridized carbons (Fsp3) is 0.375. The summed E-state index contributed by atoms with van der Waals surface area (Å²) in [4.78, 5) is 14.8. The molecule has 106 valence electrons. The summed E-state index contributed by atoms with van der Waals surface area (Å²) < 4.78 is 0. The molecule has 0 unspecified atom stereocenters. The summed E-state index contributed by atoms with van der Waals surface area (Å²) in [6.45, 7) is 0.869. The van der Waals surface area contributed by atoms with E-state index in [9.17, 15) is 4.79 Å². The van der Waals surface area contributed by atoms with E-state index in [4.69, 9.17) is 5.11 Å².